The number of aryl methyl sites for hydroxylation is 4. The minimum Gasteiger partial charge on any atom is -0.134 e. The molecule has 6 aromatic rings. The molecule has 0 nitrogen and oxygen atoms in total. The summed E-state index contributed by atoms with van der Waals surface area (Å²) in [5.74, 6) is 0. The number of hydrogen-bond acceptors (Lipinski definition) is 2. The Hall–Kier alpha value is -2.42. The van der Waals surface area contributed by atoms with Gasteiger partial charge < -0.3 is 0 Å². The summed E-state index contributed by atoms with van der Waals surface area (Å²) in [6.45, 7) is 9.30. The molecular formula is C70H108S2. The zero-order valence-corrected chi connectivity index (χ0v) is 49.2. The van der Waals surface area contributed by atoms with Crippen molar-refractivity contribution in [2.75, 3.05) is 0 Å². The van der Waals surface area contributed by atoms with Crippen molar-refractivity contribution in [1.82, 2.24) is 0 Å². The van der Waals surface area contributed by atoms with Crippen LogP contribution < -0.4 is 0 Å². The maximum Gasteiger partial charge on any atom is 0.0542 e. The van der Waals surface area contributed by atoms with E-state index in [-0.39, 0.29) is 0 Å². The highest BCUT2D eigenvalue weighted by Crippen LogP contribution is 2.47. The summed E-state index contributed by atoms with van der Waals surface area (Å²) >= 11 is 4.13. The topological polar surface area (TPSA) is 0 Å². The fraction of sp³-hybridized carbons (Fsp3) is 0.686. The fourth-order valence-electron chi connectivity index (χ4n) is 12.2. The van der Waals surface area contributed by atoms with Crippen LogP contribution in [0.3, 0.4) is 0 Å². The lowest BCUT2D eigenvalue weighted by atomic mass is 9.92. The highest BCUT2D eigenvalue weighted by atomic mass is 32.1. The van der Waals surface area contributed by atoms with Gasteiger partial charge in [0.15, 0.2) is 0 Å². The van der Waals surface area contributed by atoms with Gasteiger partial charge in [-0.3, -0.25) is 0 Å². The minimum absolute atomic E-state index is 1.24. The molecule has 0 radical (unpaired) electrons. The van der Waals surface area contributed by atoms with Crippen LogP contribution >= 0.6 is 22.7 Å². The number of fused-ring (bicyclic) bond motifs is 7. The molecule has 72 heavy (non-hydrogen) atoms. The fourth-order valence-corrected chi connectivity index (χ4v) is 14.9. The van der Waals surface area contributed by atoms with E-state index < -0.39 is 0 Å². The average Bonchev–Trinajstić information content (AvgIpc) is 3.91. The van der Waals surface area contributed by atoms with E-state index in [1.807, 2.05) is 0 Å². The minimum atomic E-state index is 1.24. The molecule has 0 unspecified atom stereocenters. The van der Waals surface area contributed by atoms with Crippen LogP contribution in [0.2, 0.25) is 0 Å². The Balaban J connectivity index is 1.16. The molecule has 6 rings (SSSR count). The van der Waals surface area contributed by atoms with E-state index in [1.165, 1.54) is 334 Å². The monoisotopic (exact) mass is 1010 g/mol. The molecule has 0 atom stereocenters. The first-order chi connectivity index (χ1) is 35.6. The molecule has 0 amide bonds. The van der Waals surface area contributed by atoms with Crippen LogP contribution in [0.4, 0.5) is 0 Å². The van der Waals surface area contributed by atoms with Gasteiger partial charge in [-0.25, -0.2) is 0 Å². The Morgan fingerprint density at radius 3 is 0.639 bits per heavy atom. The first-order valence-electron chi connectivity index (χ1n) is 31.9. The number of hydrogen-bond donors (Lipinski definition) is 0. The summed E-state index contributed by atoms with van der Waals surface area (Å²) in [6.07, 6.45) is 61.2. The number of thiophene rings is 2. The van der Waals surface area contributed by atoms with Gasteiger partial charge in [0.25, 0.3) is 0 Å². The molecule has 4 aromatic carbocycles. The summed E-state index contributed by atoms with van der Waals surface area (Å²) in [5, 5.41) is 8.84. The molecule has 0 aliphatic rings. The summed E-state index contributed by atoms with van der Waals surface area (Å²) in [4.78, 5) is 0. The molecule has 0 spiro atoms. The van der Waals surface area contributed by atoms with Gasteiger partial charge in [0.1, 0.15) is 0 Å². The van der Waals surface area contributed by atoms with Crippen molar-refractivity contribution in [3.8, 4) is 0 Å². The molecule has 0 saturated carbocycles. The maximum atomic E-state index is 2.64. The molecule has 0 N–H and O–H groups in total. The van der Waals surface area contributed by atoms with Crippen molar-refractivity contribution in [3.63, 3.8) is 0 Å². The van der Waals surface area contributed by atoms with E-state index in [0.717, 1.165) is 0 Å². The highest BCUT2D eigenvalue weighted by Gasteiger charge is 2.17. The average molecular weight is 1010 g/mol. The largest absolute Gasteiger partial charge is 0.134 e. The van der Waals surface area contributed by atoms with Gasteiger partial charge in [-0.2, -0.15) is 0 Å². The van der Waals surface area contributed by atoms with Crippen molar-refractivity contribution in [1.29, 1.82) is 0 Å². The number of unbranched alkanes of at least 4 members (excludes halogenated alkanes) is 36. The lowest BCUT2D eigenvalue weighted by Gasteiger charge is -2.13. The van der Waals surface area contributed by atoms with E-state index in [2.05, 4.69) is 98.9 Å². The molecule has 2 heteroatoms. The van der Waals surface area contributed by atoms with E-state index in [4.69, 9.17) is 0 Å². The van der Waals surface area contributed by atoms with Gasteiger partial charge in [0, 0.05) is 20.2 Å². The zero-order valence-electron chi connectivity index (χ0n) is 47.5. The zero-order chi connectivity index (χ0) is 50.3. The molecule has 0 saturated heterocycles. The van der Waals surface area contributed by atoms with Gasteiger partial charge >= 0.3 is 0 Å². The third-order valence-corrected chi connectivity index (χ3v) is 19.3. The summed E-state index contributed by atoms with van der Waals surface area (Å²) in [6, 6.07) is 20.9. The quantitative estimate of drug-likeness (QED) is 0.0335. The molecule has 0 aliphatic carbocycles. The Morgan fingerprint density at radius 1 is 0.222 bits per heavy atom. The second-order valence-electron chi connectivity index (χ2n) is 23.2. The lowest BCUT2D eigenvalue weighted by Crippen LogP contribution is -1.97. The van der Waals surface area contributed by atoms with Crippen molar-refractivity contribution < 1.29 is 0 Å². The van der Waals surface area contributed by atoms with Crippen LogP contribution in [0, 0.1) is 0 Å². The molecule has 0 fully saturated rings. The van der Waals surface area contributed by atoms with Gasteiger partial charge in [-0.15, -0.1) is 22.7 Å². The molecular weight excluding hydrogens is 905 g/mol. The molecule has 2 aromatic heterocycles. The standard InChI is InChI=1S/C70H108S2/c1-5-9-13-17-21-25-29-33-37-41-45-57-49-61-53-65-67(55-63(61)51-59(57)47-43-39-35-31-27-23-19-15-11-7-3)71-70-66-54-62-50-58(46-42-38-34-30-26-22-18-14-10-6-2)60(52-64(62)56-68(66)72-69(65)70)48-44-40-36-32-28-24-20-16-12-8-4/h49-56H,5-48H2,1-4H3. The van der Waals surface area contributed by atoms with Crippen LogP contribution in [0.1, 0.15) is 307 Å². The van der Waals surface area contributed by atoms with Crippen molar-refractivity contribution >= 4 is 73.8 Å². The highest BCUT2D eigenvalue weighted by molar-refractivity contribution is 7.36. The first-order valence-corrected chi connectivity index (χ1v) is 33.6. The Labute approximate surface area is 452 Å². The van der Waals surface area contributed by atoms with Gasteiger partial charge in [0.05, 0.1) is 9.40 Å². The van der Waals surface area contributed by atoms with Gasteiger partial charge in [-0.05, 0) is 119 Å². The first kappa shape index (κ1) is 58.8. The van der Waals surface area contributed by atoms with Gasteiger partial charge in [-0.1, -0.05) is 283 Å². The summed E-state index contributed by atoms with van der Waals surface area (Å²) in [7, 11) is 0. The van der Waals surface area contributed by atoms with Crippen molar-refractivity contribution in [3.05, 3.63) is 70.8 Å². The summed E-state index contributed by atoms with van der Waals surface area (Å²) < 4.78 is 5.99. The molecule has 400 valence electrons. The second kappa shape index (κ2) is 35.8. The SMILES string of the molecule is CCCCCCCCCCCCc1cc2cc3sc4c5cc6cc(CCCCCCCCCCCC)c(CCCCCCCCCCCC)cc6cc5sc4c3cc2cc1CCCCCCCCCCCC. The van der Waals surface area contributed by atoms with Crippen LogP contribution in [0.15, 0.2) is 48.5 Å². The van der Waals surface area contributed by atoms with Crippen molar-refractivity contribution in [2.24, 2.45) is 0 Å². The maximum absolute atomic E-state index is 2.64. The molecule has 0 bridgehead atoms. The Bertz CT molecular complexity index is 2190. The number of benzene rings is 4. The second-order valence-corrected chi connectivity index (χ2v) is 25.3. The van der Waals surface area contributed by atoms with Crippen LogP contribution in [0.25, 0.3) is 51.1 Å². The molecule has 0 aliphatic heterocycles. The Kier molecular flexibility index (Phi) is 29.2. The molecule has 2 heterocycles. The van der Waals surface area contributed by atoms with Gasteiger partial charge in [0.2, 0.25) is 0 Å². The van der Waals surface area contributed by atoms with E-state index >= 15 is 0 Å². The van der Waals surface area contributed by atoms with Crippen LogP contribution in [-0.4, -0.2) is 0 Å². The third-order valence-electron chi connectivity index (χ3n) is 16.8. The van der Waals surface area contributed by atoms with E-state index in [9.17, 15) is 0 Å². The lowest BCUT2D eigenvalue weighted by molar-refractivity contribution is 0.553. The normalized spacial score (nSPS) is 12.1. The predicted octanol–water partition coefficient (Wildman–Crippen LogP) is 25.4. The third kappa shape index (κ3) is 20.3. The number of rotatable bonds is 44. The smallest absolute Gasteiger partial charge is 0.0542 e. The van der Waals surface area contributed by atoms with E-state index in [1.54, 1.807) is 22.3 Å². The van der Waals surface area contributed by atoms with Crippen LogP contribution in [-0.2, 0) is 25.7 Å². The summed E-state index contributed by atoms with van der Waals surface area (Å²) in [5.41, 5.74) is 6.59. The van der Waals surface area contributed by atoms with Crippen molar-refractivity contribution in [2.45, 2.75) is 310 Å². The Morgan fingerprint density at radius 2 is 0.417 bits per heavy atom. The van der Waals surface area contributed by atoms with Crippen LogP contribution in [0.5, 0.6) is 0 Å². The predicted molar refractivity (Wildman–Crippen MR) is 332 cm³/mol. The van der Waals surface area contributed by atoms with E-state index in [0.29, 0.717) is 0 Å².